The number of carbonyl (C=O) groups is 1. The van der Waals surface area contributed by atoms with E-state index in [1.807, 2.05) is 0 Å². The number of alkyl halides is 3. The summed E-state index contributed by atoms with van der Waals surface area (Å²) in [5.41, 5.74) is 4.76. The Morgan fingerprint density at radius 3 is 2.43 bits per heavy atom. The maximum atomic E-state index is 13.8. The first-order chi connectivity index (χ1) is 13.1. The fourth-order valence-corrected chi connectivity index (χ4v) is 2.33. The van der Waals surface area contributed by atoms with Crippen molar-refractivity contribution in [3.05, 3.63) is 54.4 Å². The van der Waals surface area contributed by atoms with Gasteiger partial charge < -0.3 is 15.2 Å². The molecule has 146 valence electrons. The zero-order chi connectivity index (χ0) is 20.5. The van der Waals surface area contributed by atoms with Gasteiger partial charge in [0.05, 0.1) is 23.8 Å². The van der Waals surface area contributed by atoms with E-state index in [9.17, 15) is 26.7 Å². The Morgan fingerprint density at radius 1 is 1.04 bits per heavy atom. The molecule has 7 nitrogen and oxygen atoms in total. The molecule has 1 aromatic carbocycles. The summed E-state index contributed by atoms with van der Waals surface area (Å²) in [5, 5.41) is 3.87. The number of carbonyl (C=O) groups excluding carboxylic acids is 1. The number of benzene rings is 1. The van der Waals surface area contributed by atoms with Crippen LogP contribution >= 0.6 is 0 Å². The molecule has 2 N–H and O–H groups in total. The minimum absolute atomic E-state index is 0.0249. The smallest absolute Gasteiger partial charge is 0.406 e. The number of rotatable bonds is 4. The van der Waals surface area contributed by atoms with Crippen LogP contribution in [0.3, 0.4) is 0 Å². The van der Waals surface area contributed by atoms with Gasteiger partial charge in [-0.05, 0) is 12.1 Å². The lowest BCUT2D eigenvalue weighted by molar-refractivity contribution is -0.274. The molecule has 0 aliphatic rings. The molecule has 0 saturated carbocycles. The number of nitrogens with zero attached hydrogens (tertiary/aromatic N) is 3. The average Bonchev–Trinajstić information content (AvgIpc) is 2.95. The first-order valence-electron chi connectivity index (χ1n) is 7.36. The summed E-state index contributed by atoms with van der Waals surface area (Å²) < 4.78 is 74.1. The second-order valence-corrected chi connectivity index (χ2v) is 5.29. The molecule has 2 heterocycles. The van der Waals surface area contributed by atoms with E-state index in [-0.39, 0.29) is 22.8 Å². The zero-order valence-corrected chi connectivity index (χ0v) is 13.6. The molecule has 3 aromatic rings. The Morgan fingerprint density at radius 2 is 1.79 bits per heavy atom. The number of primary amides is 1. The minimum Gasteiger partial charge on any atom is -0.406 e. The van der Waals surface area contributed by atoms with Crippen LogP contribution in [0.25, 0.3) is 16.9 Å². The van der Waals surface area contributed by atoms with Gasteiger partial charge in [0.15, 0.2) is 0 Å². The van der Waals surface area contributed by atoms with E-state index >= 15 is 0 Å². The Kier molecular flexibility index (Phi) is 4.86. The normalized spacial score (nSPS) is 11.3. The van der Waals surface area contributed by atoms with Crippen LogP contribution in [0.4, 0.5) is 26.7 Å². The van der Waals surface area contributed by atoms with E-state index in [1.54, 1.807) is 0 Å². The quantitative estimate of drug-likeness (QED) is 0.676. The van der Waals surface area contributed by atoms with E-state index < -0.39 is 29.8 Å². The molecule has 2 aromatic heterocycles. The maximum absolute atomic E-state index is 13.8. The molecular weight excluding hydrogens is 391 g/mol. The van der Waals surface area contributed by atoms with Crippen molar-refractivity contribution in [2.75, 3.05) is 0 Å². The predicted molar refractivity (Wildman–Crippen MR) is 83.6 cm³/mol. The summed E-state index contributed by atoms with van der Waals surface area (Å²) in [6, 6.07) is 4.40. The lowest BCUT2D eigenvalue weighted by atomic mass is 10.1. The molecule has 0 unspecified atom stereocenters. The van der Waals surface area contributed by atoms with Gasteiger partial charge in [-0.2, -0.15) is 0 Å². The van der Waals surface area contributed by atoms with Crippen LogP contribution in [0.15, 0.2) is 42.7 Å². The highest BCUT2D eigenvalue weighted by Crippen LogP contribution is 2.32. The Labute approximate surface area is 153 Å². The van der Waals surface area contributed by atoms with Crippen LogP contribution in [-0.4, -0.2) is 27.2 Å². The zero-order valence-electron chi connectivity index (χ0n) is 13.6. The molecule has 0 bridgehead atoms. The molecule has 0 spiro atoms. The number of nitrogens with two attached hydrogens (primary N) is 1. The van der Waals surface area contributed by atoms with Crippen molar-refractivity contribution in [2.45, 2.75) is 6.36 Å². The standard InChI is InChI=1S/C16H9F5N4O3/c17-9-1-8(2-12(4-9)28-16(19,20)21)13-5-14(27-15(22)26)24-25(13)11-3-10(18)6-23-7-11/h1-7H,(H2,22,26). The van der Waals surface area contributed by atoms with Gasteiger partial charge in [-0.1, -0.05) is 0 Å². The fraction of sp³-hybridized carbons (Fsp3) is 0.0625. The monoisotopic (exact) mass is 400 g/mol. The molecule has 1 amide bonds. The lowest BCUT2D eigenvalue weighted by Crippen LogP contribution is -2.17. The molecule has 0 saturated heterocycles. The van der Waals surface area contributed by atoms with Crippen molar-refractivity contribution in [3.8, 4) is 28.6 Å². The molecule has 12 heteroatoms. The lowest BCUT2D eigenvalue weighted by Gasteiger charge is -2.11. The van der Waals surface area contributed by atoms with Crippen molar-refractivity contribution in [2.24, 2.45) is 5.73 Å². The van der Waals surface area contributed by atoms with Crippen LogP contribution in [0.5, 0.6) is 11.6 Å². The highest BCUT2D eigenvalue weighted by atomic mass is 19.4. The Hall–Kier alpha value is -3.70. The number of pyridine rings is 1. The molecule has 0 radical (unpaired) electrons. The number of hydrogen-bond donors (Lipinski definition) is 1. The van der Waals surface area contributed by atoms with E-state index in [0.717, 1.165) is 35.1 Å². The van der Waals surface area contributed by atoms with Crippen molar-refractivity contribution in [1.29, 1.82) is 0 Å². The topological polar surface area (TPSA) is 92.3 Å². The van der Waals surface area contributed by atoms with Gasteiger partial charge in [-0.3, -0.25) is 4.98 Å². The summed E-state index contributed by atoms with van der Waals surface area (Å²) >= 11 is 0. The third-order valence-corrected chi connectivity index (χ3v) is 3.23. The summed E-state index contributed by atoms with van der Waals surface area (Å²) in [6.07, 6.45) is -4.17. The second kappa shape index (κ2) is 7.13. The third-order valence-electron chi connectivity index (χ3n) is 3.23. The van der Waals surface area contributed by atoms with Crippen LogP contribution in [0.1, 0.15) is 0 Å². The average molecular weight is 400 g/mol. The maximum Gasteiger partial charge on any atom is 0.573 e. The van der Waals surface area contributed by atoms with Gasteiger partial charge in [0.2, 0.25) is 5.88 Å². The summed E-state index contributed by atoms with van der Waals surface area (Å²) in [7, 11) is 0. The van der Waals surface area contributed by atoms with Gasteiger partial charge in [-0.25, -0.2) is 18.3 Å². The van der Waals surface area contributed by atoms with E-state index in [1.165, 1.54) is 6.20 Å². The fourth-order valence-electron chi connectivity index (χ4n) is 2.33. The minimum atomic E-state index is -5.04. The summed E-state index contributed by atoms with van der Waals surface area (Å²) in [4.78, 5) is 14.6. The second-order valence-electron chi connectivity index (χ2n) is 5.29. The number of halogens is 5. The Bertz CT molecular complexity index is 1040. The van der Waals surface area contributed by atoms with E-state index in [0.29, 0.717) is 6.07 Å². The van der Waals surface area contributed by atoms with Crippen LogP contribution in [0, 0.1) is 11.6 Å². The van der Waals surface area contributed by atoms with Gasteiger partial charge in [0.1, 0.15) is 17.4 Å². The largest absolute Gasteiger partial charge is 0.573 e. The van der Waals surface area contributed by atoms with E-state index in [2.05, 4.69) is 19.6 Å². The van der Waals surface area contributed by atoms with Gasteiger partial charge in [0, 0.05) is 23.8 Å². The molecule has 0 atom stereocenters. The van der Waals surface area contributed by atoms with Gasteiger partial charge >= 0.3 is 12.5 Å². The number of amides is 1. The van der Waals surface area contributed by atoms with Crippen molar-refractivity contribution >= 4 is 6.09 Å². The molecule has 0 fully saturated rings. The third kappa shape index (κ3) is 4.52. The first kappa shape index (κ1) is 19.1. The summed E-state index contributed by atoms with van der Waals surface area (Å²) in [5.74, 6) is -2.96. The molecular formula is C16H9F5N4O3. The highest BCUT2D eigenvalue weighted by molar-refractivity contribution is 5.70. The highest BCUT2D eigenvalue weighted by Gasteiger charge is 2.31. The molecule has 0 aliphatic carbocycles. The van der Waals surface area contributed by atoms with Crippen LogP contribution in [-0.2, 0) is 0 Å². The molecule has 28 heavy (non-hydrogen) atoms. The Balaban J connectivity index is 2.15. The number of hydrogen-bond acceptors (Lipinski definition) is 5. The van der Waals surface area contributed by atoms with Gasteiger partial charge in [-0.15, -0.1) is 18.3 Å². The molecule has 0 aliphatic heterocycles. The van der Waals surface area contributed by atoms with Crippen LogP contribution in [0.2, 0.25) is 0 Å². The number of aromatic nitrogens is 3. The summed E-state index contributed by atoms with van der Waals surface area (Å²) in [6.45, 7) is 0. The van der Waals surface area contributed by atoms with Crippen molar-refractivity contribution in [3.63, 3.8) is 0 Å². The SMILES string of the molecule is NC(=O)Oc1cc(-c2cc(F)cc(OC(F)(F)F)c2)n(-c2cncc(F)c2)n1. The van der Waals surface area contributed by atoms with Gasteiger partial charge in [0.25, 0.3) is 0 Å². The number of ether oxygens (including phenoxy) is 2. The predicted octanol–water partition coefficient (Wildman–Crippen LogP) is 3.57. The molecule has 3 rings (SSSR count). The van der Waals surface area contributed by atoms with Crippen LogP contribution < -0.4 is 15.2 Å². The van der Waals surface area contributed by atoms with Crippen molar-refractivity contribution in [1.82, 2.24) is 14.8 Å². The van der Waals surface area contributed by atoms with Crippen molar-refractivity contribution < 1.29 is 36.2 Å². The first-order valence-corrected chi connectivity index (χ1v) is 7.36. The van der Waals surface area contributed by atoms with E-state index in [4.69, 9.17) is 5.73 Å².